The zero-order valence-corrected chi connectivity index (χ0v) is 20.8. The van der Waals surface area contributed by atoms with Crippen molar-refractivity contribution in [2.75, 3.05) is 18.0 Å². The van der Waals surface area contributed by atoms with E-state index >= 15 is 0 Å². The van der Waals surface area contributed by atoms with Gasteiger partial charge in [0.25, 0.3) is 0 Å². The highest BCUT2D eigenvalue weighted by atomic mass is 19.1. The molecule has 1 atom stereocenters. The van der Waals surface area contributed by atoms with Gasteiger partial charge in [-0.05, 0) is 69.4 Å². The normalized spacial score (nSPS) is 15.2. The van der Waals surface area contributed by atoms with Crippen LogP contribution < -0.4 is 10.2 Å². The Hall–Kier alpha value is -3.74. The molecule has 0 saturated carbocycles. The molecule has 1 N–H and O–H groups in total. The average Bonchev–Trinajstić information content (AvgIpc) is 3.32. The summed E-state index contributed by atoms with van der Waals surface area (Å²) >= 11 is 0. The highest BCUT2D eigenvalue weighted by Crippen LogP contribution is 2.27. The number of rotatable bonds is 7. The van der Waals surface area contributed by atoms with Crippen LogP contribution in [0.1, 0.15) is 37.4 Å². The number of carbonyl (C=O) groups is 1. The molecule has 0 unspecified atom stereocenters. The standard InChI is InChI=1S/C29H32FN5O/c1-20(8-9-22-6-4-3-5-7-22)32-29(36)24-14-16-34(17-15-24)28-18-21(2)31-27-19-26(33-35(27)28)23-10-12-25(30)13-11-23/h3-7,10-13,18-20,24H,8-9,14-17H2,1-2H3,(H,32,36)/t20-/m1/s1. The van der Waals surface area contributed by atoms with Gasteiger partial charge in [0.1, 0.15) is 11.6 Å². The minimum atomic E-state index is -0.269. The molecule has 0 spiro atoms. The van der Waals surface area contributed by atoms with Crippen molar-refractivity contribution >= 4 is 17.4 Å². The van der Waals surface area contributed by atoms with Crippen molar-refractivity contribution < 1.29 is 9.18 Å². The highest BCUT2D eigenvalue weighted by molar-refractivity contribution is 5.79. The van der Waals surface area contributed by atoms with E-state index in [4.69, 9.17) is 5.10 Å². The maximum absolute atomic E-state index is 13.4. The van der Waals surface area contributed by atoms with E-state index in [0.717, 1.165) is 67.2 Å². The van der Waals surface area contributed by atoms with Crippen LogP contribution in [0.25, 0.3) is 16.9 Å². The predicted octanol–water partition coefficient (Wildman–Crippen LogP) is 5.20. The van der Waals surface area contributed by atoms with Gasteiger partial charge in [-0.15, -0.1) is 0 Å². The van der Waals surface area contributed by atoms with Crippen molar-refractivity contribution in [3.63, 3.8) is 0 Å². The van der Waals surface area contributed by atoms with Crippen LogP contribution in [-0.4, -0.2) is 39.6 Å². The number of aryl methyl sites for hydroxylation is 2. The largest absolute Gasteiger partial charge is 0.356 e. The minimum absolute atomic E-state index is 0.0197. The Kier molecular flexibility index (Phi) is 6.98. The van der Waals surface area contributed by atoms with Gasteiger partial charge in [-0.1, -0.05) is 30.3 Å². The summed E-state index contributed by atoms with van der Waals surface area (Å²) in [6.07, 6.45) is 3.48. The number of halogens is 1. The van der Waals surface area contributed by atoms with Gasteiger partial charge in [-0.2, -0.15) is 9.61 Å². The van der Waals surface area contributed by atoms with Crippen LogP contribution in [0.5, 0.6) is 0 Å². The molecule has 0 bridgehead atoms. The Balaban J connectivity index is 1.22. The molecule has 4 aromatic rings. The number of anilines is 1. The highest BCUT2D eigenvalue weighted by Gasteiger charge is 2.27. The smallest absolute Gasteiger partial charge is 0.223 e. The van der Waals surface area contributed by atoms with Crippen LogP contribution in [0.4, 0.5) is 10.2 Å². The van der Waals surface area contributed by atoms with Crippen molar-refractivity contribution in [2.24, 2.45) is 5.92 Å². The van der Waals surface area contributed by atoms with Gasteiger partial charge < -0.3 is 10.2 Å². The van der Waals surface area contributed by atoms with Crippen molar-refractivity contribution in [3.8, 4) is 11.3 Å². The second-order valence-electron chi connectivity index (χ2n) is 9.76. The van der Waals surface area contributed by atoms with E-state index < -0.39 is 0 Å². The van der Waals surface area contributed by atoms with E-state index in [1.807, 2.05) is 29.6 Å². The lowest BCUT2D eigenvalue weighted by atomic mass is 9.95. The van der Waals surface area contributed by atoms with Crippen LogP contribution in [0.2, 0.25) is 0 Å². The Labute approximate surface area is 211 Å². The zero-order chi connectivity index (χ0) is 25.1. The number of fused-ring (bicyclic) bond motifs is 1. The lowest BCUT2D eigenvalue weighted by molar-refractivity contribution is -0.126. The van der Waals surface area contributed by atoms with Crippen molar-refractivity contribution in [1.29, 1.82) is 0 Å². The molecule has 7 heteroatoms. The van der Waals surface area contributed by atoms with Crippen LogP contribution in [0.3, 0.4) is 0 Å². The van der Waals surface area contributed by atoms with E-state index in [0.29, 0.717) is 0 Å². The molecule has 2 aromatic carbocycles. The summed E-state index contributed by atoms with van der Waals surface area (Å²) in [5, 5.41) is 8.01. The second kappa shape index (κ2) is 10.5. The van der Waals surface area contributed by atoms with Crippen molar-refractivity contribution in [1.82, 2.24) is 19.9 Å². The summed E-state index contributed by atoms with van der Waals surface area (Å²) in [6, 6.07) is 20.9. The Morgan fingerprint density at radius 3 is 2.53 bits per heavy atom. The molecular weight excluding hydrogens is 453 g/mol. The number of nitrogens with zero attached hydrogens (tertiary/aromatic N) is 4. The first-order chi connectivity index (χ1) is 17.5. The lowest BCUT2D eigenvalue weighted by Gasteiger charge is -2.33. The Morgan fingerprint density at radius 2 is 1.81 bits per heavy atom. The summed E-state index contributed by atoms with van der Waals surface area (Å²) in [5.41, 5.74) is 4.58. The topological polar surface area (TPSA) is 62.5 Å². The molecule has 1 amide bonds. The van der Waals surface area contributed by atoms with Gasteiger partial charge in [0.15, 0.2) is 5.65 Å². The second-order valence-corrected chi connectivity index (χ2v) is 9.76. The van der Waals surface area contributed by atoms with Crippen molar-refractivity contribution in [2.45, 2.75) is 45.6 Å². The van der Waals surface area contributed by atoms with E-state index in [1.165, 1.54) is 17.7 Å². The van der Waals surface area contributed by atoms with Gasteiger partial charge in [-0.25, -0.2) is 9.37 Å². The zero-order valence-electron chi connectivity index (χ0n) is 20.8. The van der Waals surface area contributed by atoms with Gasteiger partial charge in [0.2, 0.25) is 5.91 Å². The number of nitrogens with one attached hydrogen (secondary N) is 1. The molecule has 2 aromatic heterocycles. The third kappa shape index (κ3) is 5.40. The monoisotopic (exact) mass is 485 g/mol. The number of piperidine rings is 1. The number of hydrogen-bond acceptors (Lipinski definition) is 4. The van der Waals surface area contributed by atoms with Crippen LogP contribution in [0, 0.1) is 18.7 Å². The van der Waals surface area contributed by atoms with E-state index in [9.17, 15) is 9.18 Å². The van der Waals surface area contributed by atoms with Gasteiger partial charge in [0, 0.05) is 48.4 Å². The maximum Gasteiger partial charge on any atom is 0.223 e. The first-order valence-electron chi connectivity index (χ1n) is 12.7. The molecule has 1 fully saturated rings. The fourth-order valence-electron chi connectivity index (χ4n) is 4.90. The predicted molar refractivity (Wildman–Crippen MR) is 140 cm³/mol. The quantitative estimate of drug-likeness (QED) is 0.391. The van der Waals surface area contributed by atoms with Gasteiger partial charge >= 0.3 is 0 Å². The van der Waals surface area contributed by atoms with Crippen LogP contribution in [-0.2, 0) is 11.2 Å². The number of aromatic nitrogens is 3. The summed E-state index contributed by atoms with van der Waals surface area (Å²) in [7, 11) is 0. The molecule has 3 heterocycles. The molecule has 0 radical (unpaired) electrons. The van der Waals surface area contributed by atoms with Gasteiger partial charge in [-0.3, -0.25) is 4.79 Å². The molecular formula is C29H32FN5O. The van der Waals surface area contributed by atoms with Gasteiger partial charge in [0.05, 0.1) is 5.69 Å². The van der Waals surface area contributed by atoms with Crippen LogP contribution >= 0.6 is 0 Å². The number of carbonyl (C=O) groups excluding carboxylic acids is 1. The fraction of sp³-hybridized carbons (Fsp3) is 0.345. The molecule has 36 heavy (non-hydrogen) atoms. The number of hydrogen-bond donors (Lipinski definition) is 1. The summed E-state index contributed by atoms with van der Waals surface area (Å²) in [5.74, 6) is 0.880. The van der Waals surface area contributed by atoms with Crippen molar-refractivity contribution in [3.05, 3.63) is 83.8 Å². The van der Waals surface area contributed by atoms with Crippen LogP contribution in [0.15, 0.2) is 66.7 Å². The molecule has 1 aliphatic rings. The molecule has 186 valence electrons. The third-order valence-electron chi connectivity index (χ3n) is 6.96. The Morgan fingerprint density at radius 1 is 1.08 bits per heavy atom. The van der Waals surface area contributed by atoms with E-state index in [-0.39, 0.29) is 23.7 Å². The first kappa shape index (κ1) is 24.0. The molecule has 6 nitrogen and oxygen atoms in total. The number of benzene rings is 2. The third-order valence-corrected chi connectivity index (χ3v) is 6.96. The SMILES string of the molecule is Cc1cc(N2CCC(C(=O)N[C@H](C)CCc3ccccc3)CC2)n2nc(-c3ccc(F)cc3)cc2n1. The molecule has 0 aliphatic carbocycles. The average molecular weight is 486 g/mol. The Bertz CT molecular complexity index is 1330. The fourth-order valence-corrected chi connectivity index (χ4v) is 4.90. The lowest BCUT2D eigenvalue weighted by Crippen LogP contribution is -2.43. The molecule has 1 aliphatic heterocycles. The van der Waals surface area contributed by atoms with E-state index in [2.05, 4.69) is 46.4 Å². The van der Waals surface area contributed by atoms with E-state index in [1.54, 1.807) is 12.1 Å². The summed E-state index contributed by atoms with van der Waals surface area (Å²) in [6.45, 7) is 5.62. The summed E-state index contributed by atoms with van der Waals surface area (Å²) < 4.78 is 15.2. The number of amides is 1. The first-order valence-corrected chi connectivity index (χ1v) is 12.7. The molecule has 5 rings (SSSR count). The molecule has 1 saturated heterocycles. The summed E-state index contributed by atoms with van der Waals surface area (Å²) in [4.78, 5) is 19.9. The maximum atomic E-state index is 13.4. The minimum Gasteiger partial charge on any atom is -0.356 e.